The number of hydrogen-bond acceptors (Lipinski definition) is 5. The molecule has 0 fully saturated rings. The summed E-state index contributed by atoms with van der Waals surface area (Å²) in [6.07, 6.45) is 0. The highest BCUT2D eigenvalue weighted by atomic mass is 32.1. The van der Waals surface area contributed by atoms with Crippen molar-refractivity contribution in [3.8, 4) is 27.6 Å². The van der Waals surface area contributed by atoms with Crippen LogP contribution in [0.4, 0.5) is 11.4 Å². The fourth-order valence-electron chi connectivity index (χ4n) is 3.00. The number of carbonyl (C=O) groups excluding carboxylic acids is 2. The number of ether oxygens (including phenoxy) is 1. The molecular weight excluding hydrogens is 362 g/mol. The first kappa shape index (κ1) is 17.2. The van der Waals surface area contributed by atoms with Crippen LogP contribution in [0.2, 0.25) is 0 Å². The van der Waals surface area contributed by atoms with Crippen molar-refractivity contribution >= 4 is 34.5 Å². The largest absolute Gasteiger partial charge is 0.481 e. The Bertz CT molecular complexity index is 1060. The number of benzene rings is 2. The third-order valence-corrected chi connectivity index (χ3v) is 5.02. The Morgan fingerprint density at radius 3 is 2.93 bits per heavy atom. The van der Waals surface area contributed by atoms with Gasteiger partial charge in [0.25, 0.3) is 5.91 Å². The molecule has 0 atom stereocenters. The Kier molecular flexibility index (Phi) is 4.37. The molecule has 0 bridgehead atoms. The number of hydrogen-bond donors (Lipinski definition) is 2. The van der Waals surface area contributed by atoms with Gasteiger partial charge in [0.05, 0.1) is 11.4 Å². The lowest BCUT2D eigenvalue weighted by Gasteiger charge is -2.20. The fourth-order valence-corrected chi connectivity index (χ4v) is 3.83. The number of thiazole rings is 1. The molecular formula is C20H17N3O3S. The number of rotatable bonds is 3. The highest BCUT2D eigenvalue weighted by Crippen LogP contribution is 2.37. The number of fused-ring (bicyclic) bond motifs is 1. The van der Waals surface area contributed by atoms with E-state index in [0.717, 1.165) is 33.1 Å². The minimum absolute atomic E-state index is 0.0404. The maximum absolute atomic E-state index is 11.6. The third-order valence-electron chi connectivity index (χ3n) is 4.13. The third kappa shape index (κ3) is 3.54. The van der Waals surface area contributed by atoms with Crippen LogP contribution in [-0.2, 0) is 9.59 Å². The summed E-state index contributed by atoms with van der Waals surface area (Å²) in [5, 5.41) is 8.46. The van der Waals surface area contributed by atoms with Gasteiger partial charge in [0, 0.05) is 29.1 Å². The van der Waals surface area contributed by atoms with Crippen LogP contribution < -0.4 is 15.4 Å². The number of aryl methyl sites for hydroxylation is 1. The topological polar surface area (TPSA) is 80.3 Å². The Balaban J connectivity index is 1.67. The van der Waals surface area contributed by atoms with Gasteiger partial charge in [-0.25, -0.2) is 4.98 Å². The normalized spacial score (nSPS) is 12.7. The average molecular weight is 379 g/mol. The molecule has 2 heterocycles. The number of carbonyl (C=O) groups is 2. The van der Waals surface area contributed by atoms with Crippen LogP contribution in [0.5, 0.6) is 5.75 Å². The lowest BCUT2D eigenvalue weighted by Crippen LogP contribution is -2.25. The zero-order chi connectivity index (χ0) is 19.0. The molecule has 0 saturated heterocycles. The second-order valence-corrected chi connectivity index (χ2v) is 7.16. The van der Waals surface area contributed by atoms with Gasteiger partial charge in [-0.3, -0.25) is 9.59 Å². The van der Waals surface area contributed by atoms with Crippen molar-refractivity contribution in [3.63, 3.8) is 0 Å². The Morgan fingerprint density at radius 1 is 1.26 bits per heavy atom. The predicted octanol–water partition coefficient (Wildman–Crippen LogP) is 4.07. The van der Waals surface area contributed by atoms with Crippen LogP contribution in [0, 0.1) is 6.92 Å². The quantitative estimate of drug-likeness (QED) is 0.719. The van der Waals surface area contributed by atoms with E-state index >= 15 is 0 Å². The molecule has 0 unspecified atom stereocenters. The molecule has 7 heteroatoms. The maximum Gasteiger partial charge on any atom is 0.262 e. The fraction of sp³-hybridized carbons (Fsp3) is 0.150. The smallest absolute Gasteiger partial charge is 0.262 e. The van der Waals surface area contributed by atoms with Gasteiger partial charge in [-0.2, -0.15) is 0 Å². The zero-order valence-corrected chi connectivity index (χ0v) is 15.6. The monoisotopic (exact) mass is 379 g/mol. The molecule has 4 rings (SSSR count). The van der Waals surface area contributed by atoms with E-state index in [2.05, 4.69) is 10.6 Å². The number of aromatic nitrogens is 1. The molecule has 2 amide bonds. The summed E-state index contributed by atoms with van der Waals surface area (Å²) in [6, 6.07) is 11.5. The molecule has 1 aliphatic rings. The van der Waals surface area contributed by atoms with E-state index in [0.29, 0.717) is 11.4 Å². The summed E-state index contributed by atoms with van der Waals surface area (Å²) >= 11 is 1.53. The molecule has 2 N–H and O–H groups in total. The van der Waals surface area contributed by atoms with E-state index in [4.69, 9.17) is 9.72 Å². The number of anilines is 2. The van der Waals surface area contributed by atoms with Crippen LogP contribution in [0.15, 0.2) is 41.8 Å². The van der Waals surface area contributed by atoms with E-state index in [1.165, 1.54) is 18.3 Å². The number of nitrogens with one attached hydrogen (secondary N) is 2. The van der Waals surface area contributed by atoms with Gasteiger partial charge in [0.1, 0.15) is 10.8 Å². The Morgan fingerprint density at radius 2 is 2.11 bits per heavy atom. The second-order valence-electron chi connectivity index (χ2n) is 6.31. The van der Waals surface area contributed by atoms with Crippen LogP contribution in [0.3, 0.4) is 0 Å². The van der Waals surface area contributed by atoms with Gasteiger partial charge in [-0.15, -0.1) is 11.3 Å². The highest BCUT2D eigenvalue weighted by molar-refractivity contribution is 7.13. The van der Waals surface area contributed by atoms with E-state index in [-0.39, 0.29) is 18.4 Å². The molecule has 1 aromatic heterocycles. The lowest BCUT2D eigenvalue weighted by atomic mass is 10.1. The summed E-state index contributed by atoms with van der Waals surface area (Å²) in [5.74, 6) is 0.436. The summed E-state index contributed by atoms with van der Waals surface area (Å²) in [5.41, 5.74) is 5.03. The van der Waals surface area contributed by atoms with Crippen molar-refractivity contribution in [1.82, 2.24) is 4.98 Å². The summed E-state index contributed by atoms with van der Waals surface area (Å²) in [7, 11) is 0. The van der Waals surface area contributed by atoms with Crippen LogP contribution in [-0.4, -0.2) is 23.4 Å². The van der Waals surface area contributed by atoms with Crippen LogP contribution >= 0.6 is 11.3 Å². The first-order valence-electron chi connectivity index (χ1n) is 8.41. The van der Waals surface area contributed by atoms with Crippen molar-refractivity contribution in [1.29, 1.82) is 0 Å². The van der Waals surface area contributed by atoms with Crippen molar-refractivity contribution < 1.29 is 14.3 Å². The molecule has 0 saturated carbocycles. The molecule has 2 aromatic carbocycles. The van der Waals surface area contributed by atoms with Crippen molar-refractivity contribution in [2.45, 2.75) is 13.8 Å². The van der Waals surface area contributed by atoms with Crippen LogP contribution in [0.1, 0.15) is 12.5 Å². The van der Waals surface area contributed by atoms with Gasteiger partial charge >= 0.3 is 0 Å². The maximum atomic E-state index is 11.6. The Hall–Kier alpha value is -3.19. The lowest BCUT2D eigenvalue weighted by molar-refractivity contribution is -0.118. The summed E-state index contributed by atoms with van der Waals surface area (Å²) < 4.78 is 5.51. The molecule has 3 aromatic rings. The Labute approximate surface area is 160 Å². The van der Waals surface area contributed by atoms with Gasteiger partial charge < -0.3 is 15.4 Å². The number of nitrogens with zero attached hydrogens (tertiary/aromatic N) is 1. The molecule has 27 heavy (non-hydrogen) atoms. The van der Waals surface area contributed by atoms with Gasteiger partial charge in [0.2, 0.25) is 5.91 Å². The molecule has 136 valence electrons. The molecule has 0 radical (unpaired) electrons. The first-order chi connectivity index (χ1) is 13.0. The summed E-state index contributed by atoms with van der Waals surface area (Å²) in [4.78, 5) is 27.6. The predicted molar refractivity (Wildman–Crippen MR) is 106 cm³/mol. The minimum Gasteiger partial charge on any atom is -0.481 e. The van der Waals surface area contributed by atoms with Crippen molar-refractivity contribution in [3.05, 3.63) is 47.3 Å². The molecule has 1 aliphatic heterocycles. The minimum atomic E-state index is -0.159. The highest BCUT2D eigenvalue weighted by Gasteiger charge is 2.20. The average Bonchev–Trinajstić information content (AvgIpc) is 3.11. The SMILES string of the molecule is CC(=O)Nc1cccc(-c2nc(-c3cc(C)c4c(c3)NC(=O)CO4)cs2)c1. The molecule has 0 aliphatic carbocycles. The molecule has 0 spiro atoms. The summed E-state index contributed by atoms with van der Waals surface area (Å²) in [6.45, 7) is 3.47. The first-order valence-corrected chi connectivity index (χ1v) is 9.29. The zero-order valence-electron chi connectivity index (χ0n) is 14.8. The molecule has 6 nitrogen and oxygen atoms in total. The van der Waals surface area contributed by atoms with Crippen molar-refractivity contribution in [2.75, 3.05) is 17.2 Å². The van der Waals surface area contributed by atoms with E-state index < -0.39 is 0 Å². The number of amides is 2. The van der Waals surface area contributed by atoms with E-state index in [1.54, 1.807) is 0 Å². The van der Waals surface area contributed by atoms with E-state index in [1.807, 2.05) is 48.7 Å². The van der Waals surface area contributed by atoms with E-state index in [9.17, 15) is 9.59 Å². The van der Waals surface area contributed by atoms with Gasteiger partial charge in [-0.05, 0) is 36.8 Å². The van der Waals surface area contributed by atoms with Gasteiger partial charge in [0.15, 0.2) is 6.61 Å². The van der Waals surface area contributed by atoms with Crippen LogP contribution in [0.25, 0.3) is 21.8 Å². The second kappa shape index (κ2) is 6.85. The van der Waals surface area contributed by atoms with Crippen molar-refractivity contribution in [2.24, 2.45) is 0 Å². The standard InChI is InChI=1S/C20H17N3O3S/c1-11-6-14(8-16-19(11)26-9-18(25)22-16)17-10-27-20(23-17)13-4-3-5-15(7-13)21-12(2)24/h3-8,10H,9H2,1-2H3,(H,21,24)(H,22,25). The van der Waals surface area contributed by atoms with Gasteiger partial charge in [-0.1, -0.05) is 12.1 Å².